The van der Waals surface area contributed by atoms with E-state index in [0.717, 1.165) is 18.6 Å². The molecule has 2 nitrogen and oxygen atoms in total. The van der Waals surface area contributed by atoms with Gasteiger partial charge in [0.05, 0.1) is 12.8 Å². The molecule has 0 radical (unpaired) electrons. The van der Waals surface area contributed by atoms with Gasteiger partial charge in [-0.2, -0.15) is 0 Å². The molecule has 0 heterocycles. The highest BCUT2D eigenvalue weighted by Gasteiger charge is 1.99. The number of nitrogen functional groups attached to an aromatic ring is 1. The highest BCUT2D eigenvalue weighted by atomic mass is 16.5. The van der Waals surface area contributed by atoms with Crippen LogP contribution in [0.3, 0.4) is 0 Å². The van der Waals surface area contributed by atoms with Crippen LogP contribution in [0.15, 0.2) is 18.2 Å². The normalized spacial score (nSPS) is 9.83. The van der Waals surface area contributed by atoms with E-state index in [4.69, 9.17) is 10.5 Å². The molecule has 66 valence electrons. The zero-order chi connectivity index (χ0) is 8.97. The molecule has 0 aliphatic heterocycles. The molecule has 0 atom stereocenters. The maximum absolute atomic E-state index is 5.67. The molecule has 0 aromatic heterocycles. The van der Waals surface area contributed by atoms with Gasteiger partial charge in [0.1, 0.15) is 5.75 Å². The maximum Gasteiger partial charge on any atom is 0.142 e. The number of nitrogens with two attached hydrogens (primary N) is 1. The van der Waals surface area contributed by atoms with Crippen LogP contribution in [0, 0.1) is 0 Å². The van der Waals surface area contributed by atoms with Crippen LogP contribution in [0.4, 0.5) is 5.69 Å². The second-order valence-electron chi connectivity index (χ2n) is 2.83. The summed E-state index contributed by atoms with van der Waals surface area (Å²) in [6, 6.07) is 5.93. The Kier molecular flexibility index (Phi) is 2.97. The Morgan fingerprint density at radius 1 is 1.42 bits per heavy atom. The summed E-state index contributed by atoms with van der Waals surface area (Å²) < 4.78 is 5.11. The van der Waals surface area contributed by atoms with Gasteiger partial charge in [0.15, 0.2) is 0 Å². The molecular formula is C10H15NO. The molecule has 2 heteroatoms. The van der Waals surface area contributed by atoms with E-state index in [1.165, 1.54) is 5.56 Å². The average Bonchev–Trinajstić information content (AvgIpc) is 2.09. The van der Waals surface area contributed by atoms with Crippen molar-refractivity contribution in [1.82, 2.24) is 0 Å². The lowest BCUT2D eigenvalue weighted by Crippen LogP contribution is -1.93. The number of rotatable bonds is 3. The first-order chi connectivity index (χ1) is 5.77. The van der Waals surface area contributed by atoms with Gasteiger partial charge in [-0.3, -0.25) is 0 Å². The van der Waals surface area contributed by atoms with Crippen molar-refractivity contribution in [2.75, 3.05) is 12.8 Å². The smallest absolute Gasteiger partial charge is 0.142 e. The Balaban J connectivity index is 2.89. The first-order valence-corrected chi connectivity index (χ1v) is 4.20. The van der Waals surface area contributed by atoms with Crippen molar-refractivity contribution in [3.05, 3.63) is 23.8 Å². The van der Waals surface area contributed by atoms with Gasteiger partial charge in [0.2, 0.25) is 0 Å². The van der Waals surface area contributed by atoms with Crippen molar-refractivity contribution >= 4 is 5.69 Å². The van der Waals surface area contributed by atoms with E-state index in [-0.39, 0.29) is 0 Å². The second-order valence-corrected chi connectivity index (χ2v) is 2.83. The monoisotopic (exact) mass is 165 g/mol. The highest BCUT2D eigenvalue weighted by molar-refractivity contribution is 5.53. The van der Waals surface area contributed by atoms with E-state index in [0.29, 0.717) is 5.69 Å². The topological polar surface area (TPSA) is 35.2 Å². The van der Waals surface area contributed by atoms with E-state index >= 15 is 0 Å². The van der Waals surface area contributed by atoms with Gasteiger partial charge in [-0.05, 0) is 24.1 Å². The van der Waals surface area contributed by atoms with Gasteiger partial charge in [-0.15, -0.1) is 0 Å². The zero-order valence-corrected chi connectivity index (χ0v) is 7.63. The lowest BCUT2D eigenvalue weighted by atomic mass is 10.1. The Morgan fingerprint density at radius 2 is 2.17 bits per heavy atom. The van der Waals surface area contributed by atoms with Crippen LogP contribution in [-0.4, -0.2) is 7.11 Å². The molecule has 1 aromatic carbocycles. The molecule has 12 heavy (non-hydrogen) atoms. The van der Waals surface area contributed by atoms with Crippen LogP contribution < -0.4 is 10.5 Å². The molecule has 1 aromatic rings. The van der Waals surface area contributed by atoms with Gasteiger partial charge < -0.3 is 10.5 Å². The lowest BCUT2D eigenvalue weighted by Gasteiger charge is -2.06. The fourth-order valence-corrected chi connectivity index (χ4v) is 1.20. The summed E-state index contributed by atoms with van der Waals surface area (Å²) in [6.07, 6.45) is 2.23. The number of hydrogen-bond acceptors (Lipinski definition) is 2. The van der Waals surface area contributed by atoms with E-state index < -0.39 is 0 Å². The molecule has 0 unspecified atom stereocenters. The average molecular weight is 165 g/mol. The van der Waals surface area contributed by atoms with Crippen molar-refractivity contribution in [1.29, 1.82) is 0 Å². The van der Waals surface area contributed by atoms with Gasteiger partial charge >= 0.3 is 0 Å². The van der Waals surface area contributed by atoms with E-state index in [9.17, 15) is 0 Å². The van der Waals surface area contributed by atoms with Crippen molar-refractivity contribution in [2.24, 2.45) is 0 Å². The number of anilines is 1. The Morgan fingerprint density at radius 3 is 2.75 bits per heavy atom. The summed E-state index contributed by atoms with van der Waals surface area (Å²) in [7, 11) is 1.64. The maximum atomic E-state index is 5.67. The molecule has 0 saturated carbocycles. The van der Waals surface area contributed by atoms with Gasteiger partial charge in [0.25, 0.3) is 0 Å². The van der Waals surface area contributed by atoms with Gasteiger partial charge in [0, 0.05) is 0 Å². The fraction of sp³-hybridized carbons (Fsp3) is 0.400. The minimum absolute atomic E-state index is 0.706. The number of aryl methyl sites for hydroxylation is 1. The molecule has 0 bridgehead atoms. The summed E-state index contributed by atoms with van der Waals surface area (Å²) in [5.41, 5.74) is 7.66. The largest absolute Gasteiger partial charge is 0.495 e. The third-order valence-electron chi connectivity index (χ3n) is 1.84. The molecule has 0 amide bonds. The Labute approximate surface area is 73.3 Å². The summed E-state index contributed by atoms with van der Waals surface area (Å²) in [5, 5.41) is 0. The van der Waals surface area contributed by atoms with Crippen LogP contribution in [0.5, 0.6) is 5.75 Å². The minimum Gasteiger partial charge on any atom is -0.495 e. The summed E-state index contributed by atoms with van der Waals surface area (Å²) in [6.45, 7) is 2.16. The van der Waals surface area contributed by atoms with Crippen molar-refractivity contribution in [3.8, 4) is 5.75 Å². The molecule has 2 N–H and O–H groups in total. The number of benzene rings is 1. The quantitative estimate of drug-likeness (QED) is 0.697. The van der Waals surface area contributed by atoms with E-state index in [2.05, 4.69) is 6.92 Å². The number of methoxy groups -OCH3 is 1. The SMILES string of the molecule is CCCc1ccc(N)c(OC)c1. The van der Waals surface area contributed by atoms with Crippen molar-refractivity contribution < 1.29 is 4.74 Å². The van der Waals surface area contributed by atoms with Crippen LogP contribution in [0.1, 0.15) is 18.9 Å². The summed E-state index contributed by atoms with van der Waals surface area (Å²) >= 11 is 0. The fourth-order valence-electron chi connectivity index (χ4n) is 1.20. The Bertz CT molecular complexity index is 258. The third-order valence-corrected chi connectivity index (χ3v) is 1.84. The van der Waals surface area contributed by atoms with Crippen molar-refractivity contribution in [2.45, 2.75) is 19.8 Å². The molecule has 0 aliphatic carbocycles. The van der Waals surface area contributed by atoms with E-state index in [1.807, 2.05) is 18.2 Å². The van der Waals surface area contributed by atoms with Crippen LogP contribution in [-0.2, 0) is 6.42 Å². The predicted molar refractivity (Wildman–Crippen MR) is 51.4 cm³/mol. The first kappa shape index (κ1) is 8.91. The standard InChI is InChI=1S/C10H15NO/c1-3-4-8-5-6-9(11)10(7-8)12-2/h5-7H,3-4,11H2,1-2H3. The van der Waals surface area contributed by atoms with Crippen molar-refractivity contribution in [3.63, 3.8) is 0 Å². The molecule has 0 spiro atoms. The van der Waals surface area contributed by atoms with Crippen LogP contribution >= 0.6 is 0 Å². The molecule has 0 fully saturated rings. The zero-order valence-electron chi connectivity index (χ0n) is 7.63. The predicted octanol–water partition coefficient (Wildman–Crippen LogP) is 2.23. The Hall–Kier alpha value is -1.18. The third kappa shape index (κ3) is 1.91. The van der Waals surface area contributed by atoms with Gasteiger partial charge in [-0.1, -0.05) is 19.4 Å². The minimum atomic E-state index is 0.706. The lowest BCUT2D eigenvalue weighted by molar-refractivity contribution is 0.416. The number of ether oxygens (including phenoxy) is 1. The molecule has 0 saturated heterocycles. The second kappa shape index (κ2) is 4.00. The summed E-state index contributed by atoms with van der Waals surface area (Å²) in [5.74, 6) is 0.779. The van der Waals surface area contributed by atoms with Crippen LogP contribution in [0.25, 0.3) is 0 Å². The first-order valence-electron chi connectivity index (χ1n) is 4.20. The number of hydrogen-bond donors (Lipinski definition) is 1. The molecule has 0 aliphatic rings. The molecular weight excluding hydrogens is 150 g/mol. The van der Waals surface area contributed by atoms with E-state index in [1.54, 1.807) is 7.11 Å². The van der Waals surface area contributed by atoms with Crippen LogP contribution in [0.2, 0.25) is 0 Å². The summed E-state index contributed by atoms with van der Waals surface area (Å²) in [4.78, 5) is 0. The molecule has 1 rings (SSSR count). The highest BCUT2D eigenvalue weighted by Crippen LogP contribution is 2.22. The van der Waals surface area contributed by atoms with Gasteiger partial charge in [-0.25, -0.2) is 0 Å².